The number of hydrogen-bond donors (Lipinski definition) is 0. The van der Waals surface area contributed by atoms with Gasteiger partial charge in [0, 0.05) is 6.61 Å². The maximum atomic E-state index is 5.93. The average molecular weight is 226 g/mol. The van der Waals surface area contributed by atoms with Crippen LogP contribution in [-0.4, -0.2) is 19.0 Å². The molecule has 94 valence electrons. The van der Waals surface area contributed by atoms with Crippen LogP contribution in [0.2, 0.25) is 0 Å². The molecule has 1 aliphatic rings. The summed E-state index contributed by atoms with van der Waals surface area (Å²) in [5, 5.41) is 0. The van der Waals surface area contributed by atoms with Crippen LogP contribution in [0, 0.1) is 5.41 Å². The fourth-order valence-electron chi connectivity index (χ4n) is 2.51. The quantitative estimate of drug-likeness (QED) is 0.534. The van der Waals surface area contributed by atoms with Gasteiger partial charge < -0.3 is 9.47 Å². The zero-order valence-electron chi connectivity index (χ0n) is 11.6. The molecular weight excluding hydrogens is 200 g/mol. The van der Waals surface area contributed by atoms with Crippen molar-refractivity contribution in [3.05, 3.63) is 11.1 Å². The Kier molecular flexibility index (Phi) is 4.57. The molecule has 2 heteroatoms. The van der Waals surface area contributed by atoms with Gasteiger partial charge in [-0.25, -0.2) is 0 Å². The minimum Gasteiger partial charge on any atom is -0.353 e. The second-order valence-electron chi connectivity index (χ2n) is 5.48. The molecule has 0 aliphatic heterocycles. The Morgan fingerprint density at radius 2 is 2.00 bits per heavy atom. The molecule has 0 bridgehead atoms. The summed E-state index contributed by atoms with van der Waals surface area (Å²) in [6, 6.07) is 0. The Morgan fingerprint density at radius 3 is 2.50 bits per heavy atom. The summed E-state index contributed by atoms with van der Waals surface area (Å²) < 4.78 is 11.4. The van der Waals surface area contributed by atoms with Gasteiger partial charge in [0.25, 0.3) is 0 Å². The highest BCUT2D eigenvalue weighted by atomic mass is 16.7. The molecule has 0 saturated heterocycles. The summed E-state index contributed by atoms with van der Waals surface area (Å²) in [4.78, 5) is 0. The Bertz CT molecular complexity index is 266. The van der Waals surface area contributed by atoms with Gasteiger partial charge >= 0.3 is 0 Å². The molecule has 0 heterocycles. The van der Waals surface area contributed by atoms with Crippen molar-refractivity contribution >= 4 is 0 Å². The van der Waals surface area contributed by atoms with Crippen molar-refractivity contribution in [3.8, 4) is 0 Å². The molecule has 16 heavy (non-hydrogen) atoms. The second-order valence-corrected chi connectivity index (χ2v) is 5.48. The van der Waals surface area contributed by atoms with E-state index in [1.807, 2.05) is 13.8 Å². The number of ether oxygens (including phenoxy) is 2. The predicted molar refractivity (Wildman–Crippen MR) is 67.4 cm³/mol. The van der Waals surface area contributed by atoms with Crippen LogP contribution < -0.4 is 0 Å². The maximum Gasteiger partial charge on any atom is 0.155 e. The molecule has 0 fully saturated rings. The van der Waals surface area contributed by atoms with Crippen LogP contribution in [0.15, 0.2) is 11.1 Å². The Labute approximate surface area is 100 Å². The molecule has 0 spiro atoms. The largest absolute Gasteiger partial charge is 0.353 e. The Hall–Kier alpha value is -0.340. The summed E-state index contributed by atoms with van der Waals surface area (Å²) in [5.74, 6) is 0. The normalized spacial score (nSPS) is 27.0. The fraction of sp³-hybridized carbons (Fsp3) is 0.857. The van der Waals surface area contributed by atoms with Crippen molar-refractivity contribution < 1.29 is 9.47 Å². The van der Waals surface area contributed by atoms with Gasteiger partial charge in [0.1, 0.15) is 0 Å². The summed E-state index contributed by atoms with van der Waals surface area (Å²) in [7, 11) is 0. The van der Waals surface area contributed by atoms with E-state index in [2.05, 4.69) is 27.7 Å². The standard InChI is InChI=1S/C14H26O2/c1-7-15-12(4)16-13-8-10(2)11(3)14(5,6)9-13/h12-13H,7-9H2,1-6H3/t12-,13?/m0/s1. The third kappa shape index (κ3) is 3.33. The average Bonchev–Trinajstić information content (AvgIpc) is 2.13. The smallest absolute Gasteiger partial charge is 0.155 e. The van der Waals surface area contributed by atoms with Gasteiger partial charge in [-0.1, -0.05) is 25.0 Å². The van der Waals surface area contributed by atoms with Crippen molar-refractivity contribution in [1.82, 2.24) is 0 Å². The minimum atomic E-state index is -0.0861. The third-order valence-electron chi connectivity index (χ3n) is 3.71. The maximum absolute atomic E-state index is 5.93. The number of allylic oxidation sites excluding steroid dienone is 1. The molecule has 2 atom stereocenters. The lowest BCUT2D eigenvalue weighted by Crippen LogP contribution is -2.32. The molecule has 0 aromatic carbocycles. The molecule has 1 unspecified atom stereocenters. The van der Waals surface area contributed by atoms with Gasteiger partial charge in [-0.3, -0.25) is 0 Å². The second kappa shape index (κ2) is 5.33. The van der Waals surface area contributed by atoms with E-state index in [0.717, 1.165) is 12.8 Å². The summed E-state index contributed by atoms with van der Waals surface area (Å²) in [5.41, 5.74) is 3.26. The molecule has 0 saturated carbocycles. The van der Waals surface area contributed by atoms with Crippen LogP contribution >= 0.6 is 0 Å². The molecule has 1 rings (SSSR count). The first-order chi connectivity index (χ1) is 7.36. The van der Waals surface area contributed by atoms with Gasteiger partial charge in [-0.2, -0.15) is 0 Å². The van der Waals surface area contributed by atoms with Gasteiger partial charge in [0.15, 0.2) is 6.29 Å². The molecule has 0 amide bonds. The molecule has 1 aliphatic carbocycles. The molecule has 0 aromatic heterocycles. The summed E-state index contributed by atoms with van der Waals surface area (Å²) in [6.07, 6.45) is 2.36. The van der Waals surface area contributed by atoms with Crippen LogP contribution in [0.25, 0.3) is 0 Å². The van der Waals surface area contributed by atoms with Crippen molar-refractivity contribution in [3.63, 3.8) is 0 Å². The topological polar surface area (TPSA) is 18.5 Å². The Balaban J connectivity index is 2.61. The van der Waals surface area contributed by atoms with Crippen molar-refractivity contribution in [2.45, 2.75) is 66.8 Å². The van der Waals surface area contributed by atoms with Crippen LogP contribution in [0.5, 0.6) is 0 Å². The molecular formula is C14H26O2. The number of hydrogen-bond acceptors (Lipinski definition) is 2. The minimum absolute atomic E-state index is 0.0861. The number of rotatable bonds is 4. The monoisotopic (exact) mass is 226 g/mol. The van der Waals surface area contributed by atoms with E-state index in [4.69, 9.17) is 9.47 Å². The summed E-state index contributed by atoms with van der Waals surface area (Å²) in [6.45, 7) is 13.8. The fourth-order valence-corrected chi connectivity index (χ4v) is 2.51. The first-order valence-corrected chi connectivity index (χ1v) is 6.30. The van der Waals surface area contributed by atoms with Crippen LogP contribution in [0.4, 0.5) is 0 Å². The van der Waals surface area contributed by atoms with Crippen molar-refractivity contribution in [2.24, 2.45) is 5.41 Å². The van der Waals surface area contributed by atoms with Gasteiger partial charge in [-0.15, -0.1) is 0 Å². The van der Waals surface area contributed by atoms with E-state index in [0.29, 0.717) is 12.7 Å². The molecule has 0 radical (unpaired) electrons. The lowest BCUT2D eigenvalue weighted by atomic mass is 9.72. The van der Waals surface area contributed by atoms with E-state index in [9.17, 15) is 0 Å². The Morgan fingerprint density at radius 1 is 1.38 bits per heavy atom. The molecule has 0 N–H and O–H groups in total. The van der Waals surface area contributed by atoms with Crippen LogP contribution in [0.1, 0.15) is 54.4 Å². The first-order valence-electron chi connectivity index (χ1n) is 6.30. The van der Waals surface area contributed by atoms with Crippen LogP contribution in [0.3, 0.4) is 0 Å². The van der Waals surface area contributed by atoms with Gasteiger partial charge in [-0.05, 0) is 46.0 Å². The zero-order chi connectivity index (χ0) is 12.3. The highest BCUT2D eigenvalue weighted by Crippen LogP contribution is 2.41. The van der Waals surface area contributed by atoms with Gasteiger partial charge in [0.05, 0.1) is 6.10 Å². The summed E-state index contributed by atoms with van der Waals surface area (Å²) >= 11 is 0. The molecule has 2 nitrogen and oxygen atoms in total. The lowest BCUT2D eigenvalue weighted by Gasteiger charge is -2.38. The van der Waals surface area contributed by atoms with E-state index in [1.165, 1.54) is 11.1 Å². The van der Waals surface area contributed by atoms with Crippen LogP contribution in [-0.2, 0) is 9.47 Å². The predicted octanol–water partition coefficient (Wildman–Crippen LogP) is 3.91. The van der Waals surface area contributed by atoms with E-state index < -0.39 is 0 Å². The SMILES string of the molecule is CCO[C@H](C)OC1CC(C)=C(C)C(C)(C)C1. The van der Waals surface area contributed by atoms with E-state index in [1.54, 1.807) is 0 Å². The van der Waals surface area contributed by atoms with E-state index >= 15 is 0 Å². The van der Waals surface area contributed by atoms with E-state index in [-0.39, 0.29) is 11.7 Å². The van der Waals surface area contributed by atoms with Crippen molar-refractivity contribution in [2.75, 3.05) is 6.61 Å². The lowest BCUT2D eigenvalue weighted by molar-refractivity contribution is -0.164. The first kappa shape index (κ1) is 13.7. The van der Waals surface area contributed by atoms with Crippen molar-refractivity contribution in [1.29, 1.82) is 0 Å². The third-order valence-corrected chi connectivity index (χ3v) is 3.71. The zero-order valence-corrected chi connectivity index (χ0v) is 11.6. The highest BCUT2D eigenvalue weighted by Gasteiger charge is 2.32. The highest BCUT2D eigenvalue weighted by molar-refractivity contribution is 5.21. The molecule has 0 aromatic rings. The van der Waals surface area contributed by atoms with Gasteiger partial charge in [0.2, 0.25) is 0 Å².